The second kappa shape index (κ2) is 12.8. The summed E-state index contributed by atoms with van der Waals surface area (Å²) in [5, 5.41) is 17.3. The van der Waals surface area contributed by atoms with Crippen LogP contribution in [0.4, 0.5) is 10.6 Å². The molecule has 3 atom stereocenters. The van der Waals surface area contributed by atoms with Gasteiger partial charge in [-0.1, -0.05) is 19.9 Å². The van der Waals surface area contributed by atoms with Crippen LogP contribution in [0.15, 0.2) is 18.3 Å². The van der Waals surface area contributed by atoms with E-state index in [9.17, 15) is 19.5 Å². The largest absolute Gasteiger partial charge is 0.480 e. The molecule has 1 aromatic rings. The van der Waals surface area contributed by atoms with E-state index in [0.717, 1.165) is 12.8 Å². The van der Waals surface area contributed by atoms with Crippen molar-refractivity contribution in [1.29, 1.82) is 0 Å². The van der Waals surface area contributed by atoms with Gasteiger partial charge in [0.05, 0.1) is 19.3 Å². The molecule has 11 heteroatoms. The first kappa shape index (κ1) is 25.3. The lowest BCUT2D eigenvalue weighted by Crippen LogP contribution is -2.57. The lowest BCUT2D eigenvalue weighted by Gasteiger charge is -2.27. The van der Waals surface area contributed by atoms with Crippen LogP contribution >= 0.6 is 0 Å². The van der Waals surface area contributed by atoms with Crippen LogP contribution in [0.3, 0.4) is 0 Å². The number of pyridine rings is 1. The van der Waals surface area contributed by atoms with Crippen molar-refractivity contribution in [3.05, 3.63) is 23.9 Å². The third-order valence-corrected chi connectivity index (χ3v) is 5.05. The monoisotopic (exact) mass is 451 g/mol. The van der Waals surface area contributed by atoms with Crippen LogP contribution in [0, 0.1) is 5.92 Å². The Labute approximate surface area is 187 Å². The molecule has 1 aromatic heterocycles. The van der Waals surface area contributed by atoms with Gasteiger partial charge >= 0.3 is 12.0 Å². The number of ether oxygens (including phenoxy) is 2. The summed E-state index contributed by atoms with van der Waals surface area (Å²) in [6, 6.07) is -0.0145. The Bertz CT molecular complexity index is 758. The summed E-state index contributed by atoms with van der Waals surface area (Å²) < 4.78 is 11.2. The van der Waals surface area contributed by atoms with Gasteiger partial charge in [-0.2, -0.15) is 0 Å². The Morgan fingerprint density at radius 1 is 1.25 bits per heavy atom. The molecule has 0 radical (unpaired) electrons. The first-order chi connectivity index (χ1) is 15.3. The minimum Gasteiger partial charge on any atom is -0.480 e. The molecular formula is C21H33N5O6. The summed E-state index contributed by atoms with van der Waals surface area (Å²) in [5.41, 5.74) is 6.14. The Morgan fingerprint density at radius 2 is 1.94 bits per heavy atom. The molecule has 6 N–H and O–H groups in total. The topological polar surface area (TPSA) is 165 Å². The van der Waals surface area contributed by atoms with Gasteiger partial charge in [-0.15, -0.1) is 0 Å². The van der Waals surface area contributed by atoms with Gasteiger partial charge in [0.2, 0.25) is 5.91 Å². The van der Waals surface area contributed by atoms with Crippen molar-refractivity contribution in [2.45, 2.75) is 51.2 Å². The number of carboxylic acid groups (broad SMARTS) is 1. The first-order valence-corrected chi connectivity index (χ1v) is 10.7. The van der Waals surface area contributed by atoms with Crippen LogP contribution in [-0.2, 0) is 25.5 Å². The quantitative estimate of drug-likeness (QED) is 0.412. The number of amides is 3. The summed E-state index contributed by atoms with van der Waals surface area (Å²) >= 11 is 0. The maximum absolute atomic E-state index is 12.8. The smallest absolute Gasteiger partial charge is 0.326 e. The molecule has 0 aromatic carbocycles. The fourth-order valence-corrected chi connectivity index (χ4v) is 3.04. The molecule has 32 heavy (non-hydrogen) atoms. The van der Waals surface area contributed by atoms with E-state index in [4.69, 9.17) is 15.2 Å². The van der Waals surface area contributed by atoms with E-state index in [0.29, 0.717) is 31.2 Å². The molecule has 2 rings (SSSR count). The van der Waals surface area contributed by atoms with Gasteiger partial charge in [0.25, 0.3) is 0 Å². The Morgan fingerprint density at radius 3 is 2.53 bits per heavy atom. The number of carbonyl (C=O) groups is 3. The fourth-order valence-electron chi connectivity index (χ4n) is 3.04. The van der Waals surface area contributed by atoms with Gasteiger partial charge in [-0.3, -0.25) is 4.79 Å². The average molecular weight is 452 g/mol. The number of nitrogens with zero attached hydrogens (tertiary/aromatic N) is 1. The van der Waals surface area contributed by atoms with Crippen molar-refractivity contribution < 1.29 is 29.0 Å². The van der Waals surface area contributed by atoms with Crippen LogP contribution in [-0.4, -0.2) is 72.6 Å². The zero-order valence-electron chi connectivity index (χ0n) is 18.5. The standard InChI is InChI=1S/C21H33N5O6/c1-13(2)16-11-31-7-3-4-8-32-12-17(19(27)24-16)26-21(30)25-15(20(28)29)9-14-5-6-18(22)23-10-14/h5-6,10,13,15-17H,3-4,7-9,11-12H2,1-2H3,(H2,22,23)(H,24,27)(H,28,29)(H2,25,26,30)/t15?,16-,17-/m1/s1. The van der Waals surface area contributed by atoms with Crippen molar-refractivity contribution in [3.8, 4) is 0 Å². The second-order valence-electron chi connectivity index (χ2n) is 8.07. The second-order valence-corrected chi connectivity index (χ2v) is 8.07. The Hall–Kier alpha value is -2.92. The third kappa shape index (κ3) is 8.67. The van der Waals surface area contributed by atoms with Gasteiger partial charge < -0.3 is 36.3 Å². The van der Waals surface area contributed by atoms with Crippen LogP contribution in [0.2, 0.25) is 0 Å². The maximum Gasteiger partial charge on any atom is 0.326 e. The average Bonchev–Trinajstić information content (AvgIpc) is 2.73. The van der Waals surface area contributed by atoms with Crippen LogP contribution in [0.1, 0.15) is 32.3 Å². The molecule has 1 unspecified atom stereocenters. The molecule has 178 valence electrons. The van der Waals surface area contributed by atoms with E-state index < -0.39 is 30.0 Å². The predicted molar refractivity (Wildman–Crippen MR) is 117 cm³/mol. The number of anilines is 1. The summed E-state index contributed by atoms with van der Waals surface area (Å²) in [6.07, 6.45) is 3.06. The normalized spacial score (nSPS) is 21.5. The number of nitrogens with one attached hydrogen (secondary N) is 3. The van der Waals surface area contributed by atoms with Gasteiger partial charge in [-0.25, -0.2) is 14.6 Å². The van der Waals surface area contributed by atoms with E-state index in [1.165, 1.54) is 6.20 Å². The zero-order chi connectivity index (χ0) is 23.5. The Kier molecular flexibility index (Phi) is 10.2. The summed E-state index contributed by atoms with van der Waals surface area (Å²) in [4.78, 5) is 40.9. The van der Waals surface area contributed by atoms with Crippen molar-refractivity contribution in [3.63, 3.8) is 0 Å². The summed E-state index contributed by atoms with van der Waals surface area (Å²) in [6.45, 7) is 5.30. The fraction of sp³-hybridized carbons (Fsp3) is 0.619. The number of nitrogen functional groups attached to an aromatic ring is 1. The van der Waals surface area contributed by atoms with Crippen LogP contribution in [0.25, 0.3) is 0 Å². The molecule has 0 saturated carbocycles. The predicted octanol–water partition coefficient (Wildman–Crippen LogP) is 0.295. The molecule has 1 aliphatic heterocycles. The maximum atomic E-state index is 12.8. The number of aliphatic carboxylic acids is 1. The number of rotatable bonds is 6. The number of hydrogen-bond acceptors (Lipinski definition) is 7. The Balaban J connectivity index is 2.02. The lowest BCUT2D eigenvalue weighted by molar-refractivity contribution is -0.139. The highest BCUT2D eigenvalue weighted by molar-refractivity contribution is 5.89. The van der Waals surface area contributed by atoms with Crippen molar-refractivity contribution >= 4 is 23.7 Å². The molecule has 1 saturated heterocycles. The molecule has 3 amide bonds. The highest BCUT2D eigenvalue weighted by Crippen LogP contribution is 2.07. The van der Waals surface area contributed by atoms with Crippen molar-refractivity contribution in [1.82, 2.24) is 20.9 Å². The van der Waals surface area contributed by atoms with E-state index in [1.54, 1.807) is 12.1 Å². The molecular weight excluding hydrogens is 418 g/mol. The van der Waals surface area contributed by atoms with E-state index >= 15 is 0 Å². The molecule has 0 aliphatic carbocycles. The minimum absolute atomic E-state index is 0.0101. The van der Waals surface area contributed by atoms with Gasteiger partial charge in [-0.05, 0) is 30.4 Å². The highest BCUT2D eigenvalue weighted by Gasteiger charge is 2.27. The number of aromatic nitrogens is 1. The van der Waals surface area contributed by atoms with Gasteiger partial charge in [0.1, 0.15) is 17.9 Å². The minimum atomic E-state index is -1.22. The van der Waals surface area contributed by atoms with Crippen molar-refractivity contribution in [2.75, 3.05) is 32.2 Å². The van der Waals surface area contributed by atoms with E-state index in [1.807, 2.05) is 13.8 Å². The van der Waals surface area contributed by atoms with Crippen molar-refractivity contribution in [2.24, 2.45) is 5.92 Å². The number of hydrogen-bond donors (Lipinski definition) is 5. The van der Waals surface area contributed by atoms with Crippen LogP contribution in [0.5, 0.6) is 0 Å². The van der Waals surface area contributed by atoms with Gasteiger partial charge in [0.15, 0.2) is 0 Å². The number of urea groups is 1. The van der Waals surface area contributed by atoms with Gasteiger partial charge in [0, 0.05) is 25.8 Å². The molecule has 1 fully saturated rings. The molecule has 0 bridgehead atoms. The molecule has 0 spiro atoms. The third-order valence-electron chi connectivity index (χ3n) is 5.05. The van der Waals surface area contributed by atoms with E-state index in [2.05, 4.69) is 20.9 Å². The first-order valence-electron chi connectivity index (χ1n) is 10.7. The number of carboxylic acids is 1. The SMILES string of the molecule is CC(C)[C@H]1COCCCCOC[C@@H](NC(=O)NC(Cc2ccc(N)nc2)C(=O)O)C(=O)N1. The zero-order valence-corrected chi connectivity index (χ0v) is 18.5. The van der Waals surface area contributed by atoms with E-state index in [-0.39, 0.29) is 25.0 Å². The summed E-state index contributed by atoms with van der Waals surface area (Å²) in [7, 11) is 0. The number of carbonyl (C=O) groups excluding carboxylic acids is 2. The molecule has 1 aliphatic rings. The summed E-state index contributed by atoms with van der Waals surface area (Å²) in [5.74, 6) is -1.20. The molecule has 11 nitrogen and oxygen atoms in total. The highest BCUT2D eigenvalue weighted by atomic mass is 16.5. The lowest BCUT2D eigenvalue weighted by atomic mass is 10.0. The van der Waals surface area contributed by atoms with Crippen LogP contribution < -0.4 is 21.7 Å². The molecule has 2 heterocycles. The number of nitrogens with two attached hydrogens (primary N) is 1.